The van der Waals surface area contributed by atoms with Gasteiger partial charge in [0, 0.05) is 40.2 Å². The highest BCUT2D eigenvalue weighted by molar-refractivity contribution is 9.10. The summed E-state index contributed by atoms with van der Waals surface area (Å²) in [4.78, 5) is 11.7. The number of benzene rings is 2. The zero-order chi connectivity index (χ0) is 18.0. The third kappa shape index (κ3) is 3.46. The number of carbonyl (C=O) groups is 1. The van der Waals surface area contributed by atoms with Crippen LogP contribution in [0.15, 0.2) is 57.6 Å². The molecule has 128 valence electrons. The van der Waals surface area contributed by atoms with E-state index in [1.165, 1.54) is 0 Å². The average Bonchev–Trinajstić information content (AvgIpc) is 3.03. The Bertz CT molecular complexity index is 972. The summed E-state index contributed by atoms with van der Waals surface area (Å²) in [5.41, 5.74) is 4.46. The Morgan fingerprint density at radius 2 is 2.08 bits per heavy atom. The van der Waals surface area contributed by atoms with Crippen molar-refractivity contribution in [3.05, 3.63) is 58.8 Å². The second kappa shape index (κ2) is 7.15. The van der Waals surface area contributed by atoms with Crippen molar-refractivity contribution in [2.45, 2.75) is 6.92 Å². The maximum atomic E-state index is 11.7. The van der Waals surface area contributed by atoms with Gasteiger partial charge in [-0.05, 0) is 36.3 Å². The first-order valence-electron chi connectivity index (χ1n) is 7.79. The van der Waals surface area contributed by atoms with E-state index in [9.17, 15) is 4.79 Å². The number of allylic oxidation sites excluding steroid dienone is 1. The van der Waals surface area contributed by atoms with Crippen molar-refractivity contribution >= 4 is 38.4 Å². The lowest BCUT2D eigenvalue weighted by Gasteiger charge is -2.10. The molecule has 0 unspecified atom stereocenters. The van der Waals surface area contributed by atoms with E-state index >= 15 is 0 Å². The fourth-order valence-electron chi connectivity index (χ4n) is 2.76. The molecule has 0 spiro atoms. The summed E-state index contributed by atoms with van der Waals surface area (Å²) in [6.45, 7) is 1.89. The first kappa shape index (κ1) is 17.3. The van der Waals surface area contributed by atoms with Gasteiger partial charge in [-0.25, -0.2) is 0 Å². The van der Waals surface area contributed by atoms with Gasteiger partial charge in [0.05, 0.1) is 13.4 Å². The Morgan fingerprint density at radius 1 is 1.28 bits per heavy atom. The molecule has 3 aromatic rings. The molecule has 3 rings (SSSR count). The SMILES string of the molecule is CNC(=O)/C=C(\C)c1cc2c(-c3cccc(Br)c3)coc2cc1OC. The highest BCUT2D eigenvalue weighted by Crippen LogP contribution is 2.37. The summed E-state index contributed by atoms with van der Waals surface area (Å²) >= 11 is 3.50. The lowest BCUT2D eigenvalue weighted by atomic mass is 9.99. The van der Waals surface area contributed by atoms with Crippen LogP contribution in [0.2, 0.25) is 0 Å². The van der Waals surface area contributed by atoms with Gasteiger partial charge in [0.2, 0.25) is 5.91 Å². The molecule has 1 heterocycles. The molecular formula is C20H18BrNO3. The maximum absolute atomic E-state index is 11.7. The van der Waals surface area contributed by atoms with E-state index < -0.39 is 0 Å². The third-order valence-electron chi connectivity index (χ3n) is 4.05. The minimum Gasteiger partial charge on any atom is -0.496 e. The van der Waals surface area contributed by atoms with E-state index in [2.05, 4.69) is 21.2 Å². The molecule has 0 atom stereocenters. The molecule has 0 saturated carbocycles. The normalized spacial score (nSPS) is 11.6. The van der Waals surface area contributed by atoms with Crippen LogP contribution in [0.4, 0.5) is 0 Å². The van der Waals surface area contributed by atoms with Gasteiger partial charge in [-0.3, -0.25) is 4.79 Å². The second-order valence-electron chi connectivity index (χ2n) is 5.65. The van der Waals surface area contributed by atoms with Crippen molar-refractivity contribution in [1.29, 1.82) is 0 Å². The monoisotopic (exact) mass is 399 g/mol. The molecule has 0 saturated heterocycles. The van der Waals surface area contributed by atoms with E-state index in [4.69, 9.17) is 9.15 Å². The number of ether oxygens (including phenoxy) is 1. The predicted octanol–water partition coefficient (Wildman–Crippen LogP) is 5.02. The van der Waals surface area contributed by atoms with Crippen LogP contribution >= 0.6 is 15.9 Å². The smallest absolute Gasteiger partial charge is 0.244 e. The molecule has 0 radical (unpaired) electrons. The van der Waals surface area contributed by atoms with Gasteiger partial charge in [-0.15, -0.1) is 0 Å². The Kier molecular flexibility index (Phi) is 4.95. The fraction of sp³-hybridized carbons (Fsp3) is 0.150. The van der Waals surface area contributed by atoms with Gasteiger partial charge < -0.3 is 14.5 Å². The standard InChI is InChI=1S/C20H18BrNO3/c1-12(7-20(23)22-2)15-9-16-17(13-5-4-6-14(21)8-13)11-25-19(16)10-18(15)24-3/h4-11H,1-3H3,(H,22,23)/b12-7+. The Labute approximate surface area is 154 Å². The summed E-state index contributed by atoms with van der Waals surface area (Å²) in [6, 6.07) is 11.9. The number of fused-ring (bicyclic) bond motifs is 1. The molecule has 1 N–H and O–H groups in total. The van der Waals surface area contributed by atoms with E-state index in [1.807, 2.05) is 43.3 Å². The molecular weight excluding hydrogens is 382 g/mol. The van der Waals surface area contributed by atoms with Crippen LogP contribution in [0.5, 0.6) is 5.75 Å². The largest absolute Gasteiger partial charge is 0.496 e. The van der Waals surface area contributed by atoms with Gasteiger partial charge in [0.25, 0.3) is 0 Å². The van der Waals surface area contributed by atoms with Crippen LogP contribution in [-0.2, 0) is 4.79 Å². The zero-order valence-corrected chi connectivity index (χ0v) is 15.8. The lowest BCUT2D eigenvalue weighted by molar-refractivity contribution is -0.116. The third-order valence-corrected chi connectivity index (χ3v) is 4.54. The van der Waals surface area contributed by atoms with Crippen molar-refractivity contribution < 1.29 is 13.9 Å². The minimum atomic E-state index is -0.154. The van der Waals surface area contributed by atoms with Crippen LogP contribution in [0.1, 0.15) is 12.5 Å². The number of nitrogens with one attached hydrogen (secondary N) is 1. The maximum Gasteiger partial charge on any atom is 0.244 e. The number of hydrogen-bond donors (Lipinski definition) is 1. The van der Waals surface area contributed by atoms with Crippen molar-refractivity contribution in [1.82, 2.24) is 5.32 Å². The Balaban J connectivity index is 2.20. The molecule has 5 heteroatoms. The molecule has 1 amide bonds. The summed E-state index contributed by atoms with van der Waals surface area (Å²) in [5, 5.41) is 3.57. The highest BCUT2D eigenvalue weighted by Gasteiger charge is 2.15. The van der Waals surface area contributed by atoms with Gasteiger partial charge in [0.1, 0.15) is 11.3 Å². The van der Waals surface area contributed by atoms with Crippen molar-refractivity contribution in [2.24, 2.45) is 0 Å². The summed E-state index contributed by atoms with van der Waals surface area (Å²) in [5.74, 6) is 0.513. The molecule has 4 nitrogen and oxygen atoms in total. The van der Waals surface area contributed by atoms with Crippen molar-refractivity contribution in [3.63, 3.8) is 0 Å². The first-order chi connectivity index (χ1) is 12.0. The molecule has 0 aliphatic carbocycles. The van der Waals surface area contributed by atoms with Gasteiger partial charge in [0.15, 0.2) is 0 Å². The number of amides is 1. The Hall–Kier alpha value is -2.53. The number of furan rings is 1. The summed E-state index contributed by atoms with van der Waals surface area (Å²) < 4.78 is 12.2. The van der Waals surface area contributed by atoms with E-state index in [-0.39, 0.29) is 5.91 Å². The Morgan fingerprint density at radius 3 is 2.76 bits per heavy atom. The summed E-state index contributed by atoms with van der Waals surface area (Å²) in [6.07, 6.45) is 3.30. The minimum absolute atomic E-state index is 0.154. The van der Waals surface area contributed by atoms with Crippen LogP contribution in [0.25, 0.3) is 27.7 Å². The van der Waals surface area contributed by atoms with Crippen molar-refractivity contribution in [3.8, 4) is 16.9 Å². The van der Waals surface area contributed by atoms with E-state index in [0.717, 1.165) is 37.7 Å². The van der Waals surface area contributed by atoms with Gasteiger partial charge in [-0.2, -0.15) is 0 Å². The molecule has 0 bridgehead atoms. The molecule has 0 aliphatic heterocycles. The second-order valence-corrected chi connectivity index (χ2v) is 6.57. The number of halogens is 1. The number of carbonyl (C=O) groups excluding carboxylic acids is 1. The number of hydrogen-bond acceptors (Lipinski definition) is 3. The van der Waals surface area contributed by atoms with Crippen LogP contribution in [0, 0.1) is 0 Å². The van der Waals surface area contributed by atoms with Crippen LogP contribution in [0.3, 0.4) is 0 Å². The van der Waals surface area contributed by atoms with E-state index in [0.29, 0.717) is 5.75 Å². The molecule has 2 aromatic carbocycles. The van der Waals surface area contributed by atoms with Crippen LogP contribution in [-0.4, -0.2) is 20.1 Å². The molecule has 1 aromatic heterocycles. The zero-order valence-electron chi connectivity index (χ0n) is 14.2. The summed E-state index contributed by atoms with van der Waals surface area (Å²) in [7, 11) is 3.21. The lowest BCUT2D eigenvalue weighted by Crippen LogP contribution is -2.14. The van der Waals surface area contributed by atoms with E-state index in [1.54, 1.807) is 26.5 Å². The fourth-order valence-corrected chi connectivity index (χ4v) is 3.16. The van der Waals surface area contributed by atoms with Crippen LogP contribution < -0.4 is 10.1 Å². The first-order valence-corrected chi connectivity index (χ1v) is 8.58. The number of rotatable bonds is 4. The van der Waals surface area contributed by atoms with Crippen molar-refractivity contribution in [2.75, 3.05) is 14.2 Å². The topological polar surface area (TPSA) is 51.5 Å². The predicted molar refractivity (Wildman–Crippen MR) is 104 cm³/mol. The number of methoxy groups -OCH3 is 1. The molecule has 0 fully saturated rings. The van der Waals surface area contributed by atoms with Gasteiger partial charge >= 0.3 is 0 Å². The quantitative estimate of drug-likeness (QED) is 0.626. The highest BCUT2D eigenvalue weighted by atomic mass is 79.9. The van der Waals surface area contributed by atoms with Gasteiger partial charge in [-0.1, -0.05) is 28.1 Å². The average molecular weight is 400 g/mol. The molecule has 25 heavy (non-hydrogen) atoms. The number of likely N-dealkylation sites (N-methyl/N-ethyl adjacent to an activating group) is 1. The molecule has 0 aliphatic rings.